The minimum Gasteiger partial charge on any atom is -0.358 e. The zero-order valence-corrected chi connectivity index (χ0v) is 21.8. The highest BCUT2D eigenvalue weighted by atomic mass is 35.5. The second-order valence-corrected chi connectivity index (χ2v) is 11.2. The molecule has 7 rings (SSSR count). The first kappa shape index (κ1) is 23.5. The molecule has 6 heterocycles. The van der Waals surface area contributed by atoms with Gasteiger partial charge in [-0.15, -0.1) is 0 Å². The zero-order valence-electron chi connectivity index (χ0n) is 20.2. The predicted molar refractivity (Wildman–Crippen MR) is 143 cm³/mol. The largest absolute Gasteiger partial charge is 0.358 e. The summed E-state index contributed by atoms with van der Waals surface area (Å²) in [5.74, 6) is 1.48. The van der Waals surface area contributed by atoms with Gasteiger partial charge in [-0.1, -0.05) is 29.8 Å². The van der Waals surface area contributed by atoms with Gasteiger partial charge in [0, 0.05) is 23.6 Å². The van der Waals surface area contributed by atoms with E-state index in [0.29, 0.717) is 40.1 Å². The Morgan fingerprint density at radius 3 is 2.76 bits per heavy atom. The van der Waals surface area contributed by atoms with Crippen molar-refractivity contribution in [3.05, 3.63) is 76.5 Å². The number of ether oxygens (including phenoxy) is 1. The molecule has 5 aromatic rings. The number of para-hydroxylation sites is 1. The number of hydrogen-bond acceptors (Lipinski definition) is 8. The van der Waals surface area contributed by atoms with Gasteiger partial charge in [-0.3, -0.25) is 18.1 Å². The molecule has 1 aromatic carbocycles. The monoisotopic (exact) mass is 550 g/mol. The van der Waals surface area contributed by atoms with E-state index in [-0.39, 0.29) is 28.9 Å². The Morgan fingerprint density at radius 1 is 1.08 bits per heavy atom. The Labute approximate surface area is 224 Å². The van der Waals surface area contributed by atoms with Gasteiger partial charge < -0.3 is 9.64 Å². The minimum atomic E-state index is -1.21. The summed E-state index contributed by atoms with van der Waals surface area (Å²) in [5, 5.41) is 5.13. The van der Waals surface area contributed by atoms with Crippen molar-refractivity contribution in [2.24, 2.45) is 0 Å². The van der Waals surface area contributed by atoms with E-state index in [9.17, 15) is 9.00 Å². The lowest BCUT2D eigenvalue weighted by atomic mass is 10.2. The van der Waals surface area contributed by atoms with E-state index in [4.69, 9.17) is 21.4 Å². The van der Waals surface area contributed by atoms with Gasteiger partial charge in [-0.25, -0.2) is 19.5 Å². The number of aromatic nitrogens is 7. The summed E-state index contributed by atoms with van der Waals surface area (Å²) in [4.78, 5) is 29.4. The molecule has 0 amide bonds. The van der Waals surface area contributed by atoms with Crippen LogP contribution < -0.4 is 10.5 Å². The maximum Gasteiger partial charge on any atom is 0.284 e. The van der Waals surface area contributed by atoms with Crippen molar-refractivity contribution in [3.63, 3.8) is 0 Å². The highest BCUT2D eigenvalue weighted by molar-refractivity contribution is 7.85. The van der Waals surface area contributed by atoms with E-state index in [0.717, 1.165) is 19.3 Å². The second-order valence-electron chi connectivity index (χ2n) is 9.35. The third-order valence-corrected chi connectivity index (χ3v) is 8.61. The van der Waals surface area contributed by atoms with Gasteiger partial charge in [-0.2, -0.15) is 5.10 Å². The molecule has 2 aliphatic rings. The summed E-state index contributed by atoms with van der Waals surface area (Å²) in [5.41, 5.74) is 1.86. The Bertz CT molecular complexity index is 1740. The molecule has 2 saturated heterocycles. The summed E-state index contributed by atoms with van der Waals surface area (Å²) < 4.78 is 24.0. The van der Waals surface area contributed by atoms with Crippen molar-refractivity contribution in [2.75, 3.05) is 23.1 Å². The van der Waals surface area contributed by atoms with Gasteiger partial charge in [0.05, 0.1) is 28.7 Å². The molecular formula is C25H23ClN8O3S. The Balaban J connectivity index is 1.40. The van der Waals surface area contributed by atoms with Crippen molar-refractivity contribution >= 4 is 44.9 Å². The molecule has 11 nitrogen and oxygen atoms in total. The first-order chi connectivity index (χ1) is 18.6. The van der Waals surface area contributed by atoms with Crippen LogP contribution in [0.2, 0.25) is 5.02 Å². The molecule has 0 bridgehead atoms. The zero-order chi connectivity index (χ0) is 25.8. The minimum absolute atomic E-state index is 0.133. The molecule has 0 radical (unpaired) electrons. The fourth-order valence-electron chi connectivity index (χ4n) is 5.28. The summed E-state index contributed by atoms with van der Waals surface area (Å²) in [6.45, 7) is 0.698. The number of halogens is 1. The summed E-state index contributed by atoms with van der Waals surface area (Å²) in [6.07, 6.45) is 7.74. The van der Waals surface area contributed by atoms with Crippen LogP contribution in [0.4, 0.5) is 5.82 Å². The van der Waals surface area contributed by atoms with Crippen LogP contribution in [-0.2, 0) is 15.5 Å². The van der Waals surface area contributed by atoms with Crippen LogP contribution in [0, 0.1) is 0 Å². The van der Waals surface area contributed by atoms with E-state index in [1.165, 1.54) is 10.8 Å². The van der Waals surface area contributed by atoms with Gasteiger partial charge in [0.25, 0.3) is 5.56 Å². The number of rotatable bonds is 4. The maximum absolute atomic E-state index is 13.8. The number of benzene rings is 1. The molecule has 194 valence electrons. The topological polar surface area (TPSA) is 112 Å². The van der Waals surface area contributed by atoms with Crippen LogP contribution in [0.5, 0.6) is 0 Å². The van der Waals surface area contributed by atoms with Gasteiger partial charge in [-0.05, 0) is 37.5 Å². The fraction of sp³-hybridized carbons (Fsp3) is 0.320. The van der Waals surface area contributed by atoms with Gasteiger partial charge in [0.2, 0.25) is 0 Å². The van der Waals surface area contributed by atoms with E-state index < -0.39 is 16.8 Å². The lowest BCUT2D eigenvalue weighted by molar-refractivity contribution is -0.0298. The van der Waals surface area contributed by atoms with Gasteiger partial charge in [0.15, 0.2) is 22.8 Å². The van der Waals surface area contributed by atoms with E-state index in [2.05, 4.69) is 15.0 Å². The van der Waals surface area contributed by atoms with Crippen LogP contribution in [0.25, 0.3) is 22.4 Å². The molecular weight excluding hydrogens is 528 g/mol. The standard InChI is InChI=1S/C25H23ClN8O3S/c26-17-9-10-33-21(17)25(35)34(16-6-2-1-3-7-16)22(30-33)18-12-38(36)15-32(18)24-20-23(27-13-28-24)31(14-29-20)19-8-4-5-11-37-19/h1-3,6-7,9-10,13-14,18-19H,4-5,8,11-12,15H2/t18-,19?,38?/m0/s1. The molecule has 3 atom stereocenters. The molecule has 2 fully saturated rings. The van der Waals surface area contributed by atoms with Crippen LogP contribution in [0.15, 0.2) is 60.0 Å². The third-order valence-electron chi connectivity index (χ3n) is 7.06. The number of hydrogen-bond donors (Lipinski definition) is 0. The predicted octanol–water partition coefficient (Wildman–Crippen LogP) is 3.24. The summed E-state index contributed by atoms with van der Waals surface area (Å²) in [6, 6.07) is 10.4. The fourth-order valence-corrected chi connectivity index (χ4v) is 6.90. The lowest BCUT2D eigenvalue weighted by Crippen LogP contribution is -2.34. The molecule has 2 unspecified atom stereocenters. The normalized spacial score (nSPS) is 22.0. The number of fused-ring (bicyclic) bond motifs is 2. The van der Waals surface area contributed by atoms with Crippen LogP contribution in [-0.4, -0.2) is 56.1 Å². The third kappa shape index (κ3) is 3.74. The lowest BCUT2D eigenvalue weighted by Gasteiger charge is -2.26. The Hall–Kier alpha value is -3.61. The van der Waals surface area contributed by atoms with Crippen LogP contribution >= 0.6 is 11.6 Å². The van der Waals surface area contributed by atoms with E-state index in [1.807, 2.05) is 39.8 Å². The molecule has 2 aliphatic heterocycles. The molecule has 4 aromatic heterocycles. The average Bonchev–Trinajstić information content (AvgIpc) is 3.66. The highest BCUT2D eigenvalue weighted by Crippen LogP contribution is 2.36. The van der Waals surface area contributed by atoms with Crippen LogP contribution in [0.3, 0.4) is 0 Å². The quantitative estimate of drug-likeness (QED) is 0.335. The van der Waals surface area contributed by atoms with Gasteiger partial charge >= 0.3 is 0 Å². The SMILES string of the molecule is O=c1c2c(Cl)ccn2nc([C@@H]2CS(=O)CN2c2ncnc3c2ncn3C2CCCCO2)n1-c1ccccc1. The number of imidazole rings is 1. The molecule has 13 heteroatoms. The molecule has 0 saturated carbocycles. The smallest absolute Gasteiger partial charge is 0.284 e. The first-order valence-corrected chi connectivity index (χ1v) is 14.2. The summed E-state index contributed by atoms with van der Waals surface area (Å²) in [7, 11) is -1.21. The van der Waals surface area contributed by atoms with Crippen molar-refractivity contribution < 1.29 is 8.95 Å². The molecule has 0 aliphatic carbocycles. The average molecular weight is 551 g/mol. The highest BCUT2D eigenvalue weighted by Gasteiger charge is 2.38. The summed E-state index contributed by atoms with van der Waals surface area (Å²) >= 11 is 6.36. The van der Waals surface area contributed by atoms with Crippen molar-refractivity contribution in [2.45, 2.75) is 31.5 Å². The van der Waals surface area contributed by atoms with Gasteiger partial charge in [0.1, 0.15) is 24.1 Å². The van der Waals surface area contributed by atoms with Crippen molar-refractivity contribution in [1.29, 1.82) is 0 Å². The van der Waals surface area contributed by atoms with Crippen LogP contribution in [0.1, 0.15) is 37.4 Å². The molecule has 0 spiro atoms. The van der Waals surface area contributed by atoms with E-state index >= 15 is 0 Å². The number of nitrogens with zero attached hydrogens (tertiary/aromatic N) is 8. The Morgan fingerprint density at radius 2 is 1.95 bits per heavy atom. The maximum atomic E-state index is 13.8. The van der Waals surface area contributed by atoms with E-state index in [1.54, 1.807) is 23.2 Å². The molecule has 38 heavy (non-hydrogen) atoms. The number of anilines is 1. The molecule has 0 N–H and O–H groups in total. The van der Waals surface area contributed by atoms with Crippen molar-refractivity contribution in [3.8, 4) is 5.69 Å². The van der Waals surface area contributed by atoms with Crippen molar-refractivity contribution in [1.82, 2.24) is 33.7 Å². The Kier molecular flexibility index (Phi) is 5.75. The second kappa shape index (κ2) is 9.29. The first-order valence-electron chi connectivity index (χ1n) is 12.4.